The predicted octanol–water partition coefficient (Wildman–Crippen LogP) is 3.38. The second-order valence-corrected chi connectivity index (χ2v) is 5.73. The number of benzene rings is 2. The van der Waals surface area contributed by atoms with Crippen molar-refractivity contribution in [2.24, 2.45) is 0 Å². The molecule has 7 heteroatoms. The average Bonchev–Trinajstić information content (AvgIpc) is 3.11. The van der Waals surface area contributed by atoms with Crippen LogP contribution >= 0.6 is 0 Å². The Morgan fingerprint density at radius 2 is 1.81 bits per heavy atom. The molecule has 134 valence electrons. The molecule has 3 aromatic rings. The summed E-state index contributed by atoms with van der Waals surface area (Å²) in [6.45, 7) is 3.86. The number of aromatic nitrogens is 2. The fraction of sp³-hybridized carbons (Fsp3) is 0.211. The topological polar surface area (TPSA) is 86.5 Å². The smallest absolute Gasteiger partial charge is 0.270 e. The van der Waals surface area contributed by atoms with Gasteiger partial charge in [-0.2, -0.15) is 4.98 Å². The van der Waals surface area contributed by atoms with Crippen molar-refractivity contribution in [3.8, 4) is 23.0 Å². The molecular formula is C19H19N3O4. The van der Waals surface area contributed by atoms with Crippen LogP contribution in [0, 0.1) is 13.8 Å². The summed E-state index contributed by atoms with van der Waals surface area (Å²) < 4.78 is 15.7. The number of carbonyl (C=O) groups is 1. The number of hydrogen-bond acceptors (Lipinski definition) is 6. The van der Waals surface area contributed by atoms with Gasteiger partial charge in [-0.25, -0.2) is 0 Å². The molecule has 0 aliphatic heterocycles. The van der Waals surface area contributed by atoms with Crippen molar-refractivity contribution in [1.82, 2.24) is 10.1 Å². The molecule has 0 saturated heterocycles. The van der Waals surface area contributed by atoms with Crippen LogP contribution in [0.4, 0.5) is 5.95 Å². The lowest BCUT2D eigenvalue weighted by molar-refractivity contribution is -0.118. The van der Waals surface area contributed by atoms with Gasteiger partial charge in [-0.3, -0.25) is 10.1 Å². The number of nitrogens with one attached hydrogen (secondary N) is 1. The van der Waals surface area contributed by atoms with Crippen molar-refractivity contribution in [3.05, 3.63) is 53.6 Å². The maximum absolute atomic E-state index is 12.0. The van der Waals surface area contributed by atoms with Gasteiger partial charge < -0.3 is 14.0 Å². The highest BCUT2D eigenvalue weighted by atomic mass is 16.5. The summed E-state index contributed by atoms with van der Waals surface area (Å²) >= 11 is 0. The monoisotopic (exact) mass is 353 g/mol. The first-order valence-corrected chi connectivity index (χ1v) is 8.03. The summed E-state index contributed by atoms with van der Waals surface area (Å²) in [5.41, 5.74) is 3.00. The van der Waals surface area contributed by atoms with Gasteiger partial charge in [0.2, 0.25) is 0 Å². The number of carbonyl (C=O) groups excluding carboxylic acids is 1. The van der Waals surface area contributed by atoms with Gasteiger partial charge >= 0.3 is 0 Å². The molecule has 0 fully saturated rings. The number of aryl methyl sites for hydroxylation is 2. The van der Waals surface area contributed by atoms with Gasteiger partial charge in [-0.1, -0.05) is 6.07 Å². The third kappa shape index (κ3) is 4.18. The normalized spacial score (nSPS) is 10.4. The van der Waals surface area contributed by atoms with Crippen LogP contribution in [0.25, 0.3) is 11.5 Å². The number of rotatable bonds is 6. The summed E-state index contributed by atoms with van der Waals surface area (Å²) in [4.78, 5) is 16.1. The fourth-order valence-corrected chi connectivity index (χ4v) is 2.24. The van der Waals surface area contributed by atoms with E-state index >= 15 is 0 Å². The second kappa shape index (κ2) is 7.69. The Bertz CT molecular complexity index is 903. The van der Waals surface area contributed by atoms with Crippen LogP contribution in [0.2, 0.25) is 0 Å². The average molecular weight is 353 g/mol. The fourth-order valence-electron chi connectivity index (χ4n) is 2.24. The molecule has 0 atom stereocenters. The van der Waals surface area contributed by atoms with Gasteiger partial charge in [0.1, 0.15) is 11.5 Å². The molecule has 0 saturated carbocycles. The van der Waals surface area contributed by atoms with E-state index < -0.39 is 0 Å². The molecule has 1 amide bonds. The maximum atomic E-state index is 12.0. The van der Waals surface area contributed by atoms with Crippen molar-refractivity contribution in [2.75, 3.05) is 19.0 Å². The minimum Gasteiger partial charge on any atom is -0.497 e. The first-order valence-electron chi connectivity index (χ1n) is 8.03. The zero-order valence-corrected chi connectivity index (χ0v) is 14.8. The lowest BCUT2D eigenvalue weighted by Crippen LogP contribution is -2.20. The maximum Gasteiger partial charge on any atom is 0.270 e. The predicted molar refractivity (Wildman–Crippen MR) is 96.3 cm³/mol. The number of anilines is 1. The molecule has 1 N–H and O–H groups in total. The minimum absolute atomic E-state index is 0.0875. The quantitative estimate of drug-likeness (QED) is 0.731. The molecule has 0 radical (unpaired) electrons. The van der Waals surface area contributed by atoms with Gasteiger partial charge in [-0.15, -0.1) is 0 Å². The number of amides is 1. The SMILES string of the molecule is COc1ccc(-c2nc(NC(=O)COc3ccc(C)c(C)c3)no2)cc1. The third-order valence-corrected chi connectivity index (χ3v) is 3.86. The first kappa shape index (κ1) is 17.5. The van der Waals surface area contributed by atoms with Gasteiger partial charge in [0.15, 0.2) is 6.61 Å². The third-order valence-electron chi connectivity index (χ3n) is 3.86. The number of nitrogens with zero attached hydrogens (tertiary/aromatic N) is 2. The standard InChI is InChI=1S/C19H19N3O4/c1-12-4-7-16(10-13(12)2)25-11-17(23)20-19-21-18(26-22-19)14-5-8-15(24-3)9-6-14/h4-10H,11H2,1-3H3,(H,20,22,23). The van der Waals surface area contributed by atoms with Crippen molar-refractivity contribution in [2.45, 2.75) is 13.8 Å². The van der Waals surface area contributed by atoms with Crippen LogP contribution in [0.5, 0.6) is 11.5 Å². The van der Waals surface area contributed by atoms with Crippen LogP contribution in [0.1, 0.15) is 11.1 Å². The Morgan fingerprint density at radius 3 is 2.50 bits per heavy atom. The van der Waals surface area contributed by atoms with E-state index in [0.29, 0.717) is 11.6 Å². The molecule has 1 heterocycles. The van der Waals surface area contributed by atoms with Gasteiger partial charge in [-0.05, 0) is 66.5 Å². The molecule has 1 aromatic heterocycles. The van der Waals surface area contributed by atoms with Gasteiger partial charge in [0.25, 0.3) is 17.7 Å². The van der Waals surface area contributed by atoms with Crippen LogP contribution < -0.4 is 14.8 Å². The Kier molecular flexibility index (Phi) is 5.17. The summed E-state index contributed by atoms with van der Waals surface area (Å²) in [7, 11) is 1.59. The summed E-state index contributed by atoms with van der Waals surface area (Å²) in [5, 5.41) is 6.30. The Hall–Kier alpha value is -3.35. The second-order valence-electron chi connectivity index (χ2n) is 5.73. The molecule has 2 aromatic carbocycles. The zero-order valence-electron chi connectivity index (χ0n) is 14.8. The summed E-state index contributed by atoms with van der Waals surface area (Å²) in [5.74, 6) is 1.38. The van der Waals surface area contributed by atoms with Gasteiger partial charge in [0, 0.05) is 5.56 Å². The molecule has 0 spiro atoms. The largest absolute Gasteiger partial charge is 0.497 e. The van der Waals surface area contributed by atoms with Crippen LogP contribution in [-0.2, 0) is 4.79 Å². The molecule has 7 nitrogen and oxygen atoms in total. The molecule has 26 heavy (non-hydrogen) atoms. The zero-order chi connectivity index (χ0) is 18.5. The van der Waals surface area contributed by atoms with E-state index in [1.54, 1.807) is 31.4 Å². The van der Waals surface area contributed by atoms with E-state index in [2.05, 4.69) is 15.5 Å². The van der Waals surface area contributed by atoms with E-state index in [0.717, 1.165) is 16.9 Å². The number of hydrogen-bond donors (Lipinski definition) is 1. The van der Waals surface area contributed by atoms with Gasteiger partial charge in [0.05, 0.1) is 7.11 Å². The Labute approximate surface area is 150 Å². The molecule has 0 bridgehead atoms. The minimum atomic E-state index is -0.370. The van der Waals surface area contributed by atoms with E-state index in [1.807, 2.05) is 32.0 Å². The van der Waals surface area contributed by atoms with Crippen molar-refractivity contribution in [1.29, 1.82) is 0 Å². The van der Waals surface area contributed by atoms with Crippen molar-refractivity contribution in [3.63, 3.8) is 0 Å². The number of ether oxygens (including phenoxy) is 2. The summed E-state index contributed by atoms with van der Waals surface area (Å²) in [6, 6.07) is 12.8. The molecule has 3 rings (SSSR count). The lowest BCUT2D eigenvalue weighted by Gasteiger charge is -2.07. The van der Waals surface area contributed by atoms with Crippen LogP contribution in [-0.4, -0.2) is 29.8 Å². The summed E-state index contributed by atoms with van der Waals surface area (Å²) in [6.07, 6.45) is 0. The van der Waals surface area contributed by atoms with Crippen LogP contribution in [0.15, 0.2) is 47.0 Å². The van der Waals surface area contributed by atoms with E-state index in [1.165, 1.54) is 5.56 Å². The first-order chi connectivity index (χ1) is 12.5. The van der Waals surface area contributed by atoms with E-state index in [4.69, 9.17) is 14.0 Å². The van der Waals surface area contributed by atoms with Crippen LogP contribution in [0.3, 0.4) is 0 Å². The van der Waals surface area contributed by atoms with Crippen molar-refractivity contribution >= 4 is 11.9 Å². The highest BCUT2D eigenvalue weighted by Crippen LogP contribution is 2.21. The molecule has 0 unspecified atom stereocenters. The van der Waals surface area contributed by atoms with Crippen molar-refractivity contribution < 1.29 is 18.8 Å². The molecule has 0 aliphatic carbocycles. The number of methoxy groups -OCH3 is 1. The highest BCUT2D eigenvalue weighted by Gasteiger charge is 2.12. The van der Waals surface area contributed by atoms with E-state index in [9.17, 15) is 4.79 Å². The Balaban J connectivity index is 1.57. The molecule has 0 aliphatic rings. The lowest BCUT2D eigenvalue weighted by atomic mass is 10.1. The van der Waals surface area contributed by atoms with E-state index in [-0.39, 0.29) is 18.5 Å². The Morgan fingerprint density at radius 1 is 1.08 bits per heavy atom. The molecular weight excluding hydrogens is 334 g/mol. The highest BCUT2D eigenvalue weighted by molar-refractivity contribution is 5.90.